The molecule has 0 amide bonds. The van der Waals surface area contributed by atoms with E-state index in [1.54, 1.807) is 0 Å². The molecule has 0 spiro atoms. The summed E-state index contributed by atoms with van der Waals surface area (Å²) in [5, 5.41) is 0. The van der Waals surface area contributed by atoms with Crippen molar-refractivity contribution >= 4 is 0 Å². The van der Waals surface area contributed by atoms with Gasteiger partial charge in [0, 0.05) is 5.41 Å². The second-order valence-electron chi connectivity index (χ2n) is 5.35. The molecule has 0 aromatic carbocycles. The average molecular weight is 164 g/mol. The zero-order chi connectivity index (χ0) is 9.57. The van der Waals surface area contributed by atoms with Gasteiger partial charge in [-0.05, 0) is 18.3 Å². The van der Waals surface area contributed by atoms with E-state index < -0.39 is 0 Å². The second-order valence-corrected chi connectivity index (χ2v) is 5.35. The van der Waals surface area contributed by atoms with Crippen molar-refractivity contribution in [3.8, 4) is 0 Å². The molecule has 0 heteroatoms. The number of hydrogen-bond donors (Lipinski definition) is 0. The molecule has 0 unspecified atom stereocenters. The van der Waals surface area contributed by atoms with Crippen molar-refractivity contribution < 1.29 is 0 Å². The molecule has 0 saturated heterocycles. The largest absolute Gasteiger partial charge is 0.0990 e. The van der Waals surface area contributed by atoms with Crippen LogP contribution in [0.15, 0.2) is 24.3 Å². The van der Waals surface area contributed by atoms with E-state index >= 15 is 0 Å². The van der Waals surface area contributed by atoms with Gasteiger partial charge in [0.05, 0.1) is 0 Å². The van der Waals surface area contributed by atoms with E-state index in [1.807, 2.05) is 0 Å². The van der Waals surface area contributed by atoms with Crippen LogP contribution in [0.3, 0.4) is 0 Å². The molecule has 0 bridgehead atoms. The third-order valence-corrected chi connectivity index (χ3v) is 3.15. The van der Waals surface area contributed by atoms with Crippen molar-refractivity contribution in [1.82, 2.24) is 0 Å². The van der Waals surface area contributed by atoms with Crippen LogP contribution in [0, 0.1) is 10.8 Å². The Balaban J connectivity index is 2.93. The second kappa shape index (κ2) is 2.48. The predicted molar refractivity (Wildman–Crippen MR) is 55.1 cm³/mol. The SMILES string of the molecule is C=C1CC(C)(C)CC(=C)C1(C)C. The van der Waals surface area contributed by atoms with Crippen molar-refractivity contribution in [3.63, 3.8) is 0 Å². The zero-order valence-electron chi connectivity index (χ0n) is 8.83. The first-order valence-corrected chi connectivity index (χ1v) is 4.62. The summed E-state index contributed by atoms with van der Waals surface area (Å²) in [5.74, 6) is 0. The lowest BCUT2D eigenvalue weighted by Crippen LogP contribution is -2.30. The smallest absolute Gasteiger partial charge is 0.00590 e. The minimum atomic E-state index is 0.162. The van der Waals surface area contributed by atoms with Gasteiger partial charge in [-0.2, -0.15) is 0 Å². The maximum absolute atomic E-state index is 4.15. The molecule has 0 aromatic heterocycles. The Morgan fingerprint density at radius 1 is 0.917 bits per heavy atom. The fourth-order valence-electron chi connectivity index (χ4n) is 1.91. The molecule has 68 valence electrons. The quantitative estimate of drug-likeness (QED) is 0.476. The fraction of sp³-hybridized carbons (Fsp3) is 0.667. The van der Waals surface area contributed by atoms with Crippen LogP contribution in [0.2, 0.25) is 0 Å². The van der Waals surface area contributed by atoms with Crippen molar-refractivity contribution in [2.24, 2.45) is 10.8 Å². The van der Waals surface area contributed by atoms with Crippen molar-refractivity contribution in [2.75, 3.05) is 0 Å². The molecule has 0 aromatic rings. The average Bonchev–Trinajstić information content (AvgIpc) is 1.82. The van der Waals surface area contributed by atoms with Crippen LogP contribution in [-0.2, 0) is 0 Å². The predicted octanol–water partition coefficient (Wildman–Crippen LogP) is 3.95. The molecule has 1 fully saturated rings. The number of hydrogen-bond acceptors (Lipinski definition) is 0. The van der Waals surface area contributed by atoms with Gasteiger partial charge >= 0.3 is 0 Å². The van der Waals surface area contributed by atoms with E-state index in [4.69, 9.17) is 0 Å². The highest BCUT2D eigenvalue weighted by Crippen LogP contribution is 2.49. The molecule has 1 saturated carbocycles. The third-order valence-electron chi connectivity index (χ3n) is 3.15. The first kappa shape index (κ1) is 9.57. The highest BCUT2D eigenvalue weighted by Gasteiger charge is 2.36. The van der Waals surface area contributed by atoms with Crippen LogP contribution in [0.1, 0.15) is 40.5 Å². The lowest BCUT2D eigenvalue weighted by atomic mass is 9.62. The summed E-state index contributed by atoms with van der Waals surface area (Å²) in [6, 6.07) is 0. The van der Waals surface area contributed by atoms with Gasteiger partial charge in [0.2, 0.25) is 0 Å². The Bertz CT molecular complexity index is 206. The maximum atomic E-state index is 4.15. The molecular formula is C12H20. The summed E-state index contributed by atoms with van der Waals surface area (Å²) in [5.41, 5.74) is 3.21. The molecule has 0 N–H and O–H groups in total. The molecular weight excluding hydrogens is 144 g/mol. The first-order chi connectivity index (χ1) is 5.26. The summed E-state index contributed by atoms with van der Waals surface area (Å²) in [6.07, 6.45) is 2.28. The molecule has 0 aliphatic heterocycles. The summed E-state index contributed by atoms with van der Waals surface area (Å²) < 4.78 is 0. The lowest BCUT2D eigenvalue weighted by molar-refractivity contribution is 0.270. The maximum Gasteiger partial charge on any atom is 0.00590 e. The Kier molecular flexibility index (Phi) is 1.98. The van der Waals surface area contributed by atoms with E-state index in [0.717, 1.165) is 12.8 Å². The molecule has 12 heavy (non-hydrogen) atoms. The molecule has 1 aliphatic carbocycles. The Morgan fingerprint density at radius 3 is 1.58 bits per heavy atom. The van der Waals surface area contributed by atoms with Crippen molar-refractivity contribution in [2.45, 2.75) is 40.5 Å². The Hall–Kier alpha value is -0.520. The van der Waals surface area contributed by atoms with Crippen LogP contribution >= 0.6 is 0 Å². The monoisotopic (exact) mass is 164 g/mol. The van der Waals surface area contributed by atoms with E-state index in [0.29, 0.717) is 5.41 Å². The van der Waals surface area contributed by atoms with Gasteiger partial charge in [-0.15, -0.1) is 0 Å². The van der Waals surface area contributed by atoms with Gasteiger partial charge in [-0.25, -0.2) is 0 Å². The van der Waals surface area contributed by atoms with Crippen LogP contribution in [0.4, 0.5) is 0 Å². The van der Waals surface area contributed by atoms with E-state index in [9.17, 15) is 0 Å². The number of allylic oxidation sites excluding steroid dienone is 2. The van der Waals surface area contributed by atoms with Gasteiger partial charge in [0.1, 0.15) is 0 Å². The van der Waals surface area contributed by atoms with E-state index in [2.05, 4.69) is 40.9 Å². The summed E-state index contributed by atoms with van der Waals surface area (Å²) in [6.45, 7) is 17.3. The minimum absolute atomic E-state index is 0.162. The van der Waals surface area contributed by atoms with Crippen molar-refractivity contribution in [1.29, 1.82) is 0 Å². The molecule has 0 heterocycles. The standard InChI is InChI=1S/C12H20/c1-9-7-11(3,4)8-10(2)12(9,5)6/h1-2,7-8H2,3-6H3. The third kappa shape index (κ3) is 1.48. The van der Waals surface area contributed by atoms with Crippen molar-refractivity contribution in [3.05, 3.63) is 24.3 Å². The lowest BCUT2D eigenvalue weighted by Gasteiger charge is -2.43. The molecule has 0 nitrogen and oxygen atoms in total. The van der Waals surface area contributed by atoms with Gasteiger partial charge in [-0.1, -0.05) is 52.0 Å². The summed E-state index contributed by atoms with van der Waals surface area (Å²) in [4.78, 5) is 0. The van der Waals surface area contributed by atoms with Gasteiger partial charge in [0.25, 0.3) is 0 Å². The summed E-state index contributed by atoms with van der Waals surface area (Å²) >= 11 is 0. The highest BCUT2D eigenvalue weighted by molar-refractivity contribution is 5.29. The van der Waals surface area contributed by atoms with Gasteiger partial charge in [0.15, 0.2) is 0 Å². The van der Waals surface area contributed by atoms with E-state index in [-0.39, 0.29) is 5.41 Å². The Morgan fingerprint density at radius 2 is 1.25 bits per heavy atom. The normalized spacial score (nSPS) is 27.3. The van der Waals surface area contributed by atoms with Crippen LogP contribution in [0.5, 0.6) is 0 Å². The number of rotatable bonds is 0. The fourth-order valence-corrected chi connectivity index (χ4v) is 1.91. The van der Waals surface area contributed by atoms with Gasteiger partial charge < -0.3 is 0 Å². The highest BCUT2D eigenvalue weighted by atomic mass is 14.4. The topological polar surface area (TPSA) is 0 Å². The first-order valence-electron chi connectivity index (χ1n) is 4.62. The van der Waals surface area contributed by atoms with E-state index in [1.165, 1.54) is 11.1 Å². The zero-order valence-corrected chi connectivity index (χ0v) is 8.83. The van der Waals surface area contributed by atoms with Crippen LogP contribution < -0.4 is 0 Å². The molecule has 0 atom stereocenters. The Labute approximate surface area is 76.4 Å². The molecule has 1 rings (SSSR count). The van der Waals surface area contributed by atoms with Crippen LogP contribution in [-0.4, -0.2) is 0 Å². The molecule has 0 radical (unpaired) electrons. The molecule has 1 aliphatic rings. The summed E-state index contributed by atoms with van der Waals surface area (Å²) in [7, 11) is 0. The van der Waals surface area contributed by atoms with Gasteiger partial charge in [-0.3, -0.25) is 0 Å². The minimum Gasteiger partial charge on any atom is -0.0990 e. The van der Waals surface area contributed by atoms with Crippen LogP contribution in [0.25, 0.3) is 0 Å².